The average molecular weight is 367 g/mol. The van der Waals surface area contributed by atoms with Gasteiger partial charge in [0, 0.05) is 25.0 Å². The van der Waals surface area contributed by atoms with E-state index in [1.165, 1.54) is 23.3 Å². The largest absolute Gasteiger partial charge is 0.315 e. The van der Waals surface area contributed by atoms with Gasteiger partial charge in [-0.3, -0.25) is 9.88 Å². The van der Waals surface area contributed by atoms with Gasteiger partial charge in [-0.05, 0) is 44.9 Å². The predicted molar refractivity (Wildman–Crippen MR) is 101 cm³/mol. The summed E-state index contributed by atoms with van der Waals surface area (Å²) in [6.07, 6.45) is 6.03. The third kappa shape index (κ3) is 3.86. The number of aromatic nitrogens is 5. The summed E-state index contributed by atoms with van der Waals surface area (Å²) in [4.78, 5) is 15.9. The molecular weight excluding hydrogens is 346 g/mol. The Balaban J connectivity index is 1.55. The van der Waals surface area contributed by atoms with Crippen LogP contribution in [0.1, 0.15) is 41.0 Å². The molecule has 1 atom stereocenters. The Kier molecular flexibility index (Phi) is 4.85. The SMILES string of the molecule is Cc1nc(Nc2nnc(C)s2)cc(C2CCCN2Cc2cccnc2)n1. The van der Waals surface area contributed by atoms with Crippen molar-refractivity contribution in [2.24, 2.45) is 0 Å². The highest BCUT2D eigenvalue weighted by Crippen LogP contribution is 2.33. The van der Waals surface area contributed by atoms with Crippen molar-refractivity contribution in [2.45, 2.75) is 39.3 Å². The lowest BCUT2D eigenvalue weighted by Crippen LogP contribution is -2.24. The maximum atomic E-state index is 4.71. The lowest BCUT2D eigenvalue weighted by molar-refractivity contribution is 0.244. The van der Waals surface area contributed by atoms with Crippen LogP contribution >= 0.6 is 11.3 Å². The summed E-state index contributed by atoms with van der Waals surface area (Å²) in [6, 6.07) is 6.45. The minimum atomic E-state index is 0.300. The minimum Gasteiger partial charge on any atom is -0.315 e. The molecular formula is C18H21N7S. The highest BCUT2D eigenvalue weighted by atomic mass is 32.1. The van der Waals surface area contributed by atoms with Gasteiger partial charge in [0.05, 0.1) is 11.7 Å². The molecule has 3 aromatic rings. The fourth-order valence-electron chi connectivity index (χ4n) is 3.36. The second-order valence-corrected chi connectivity index (χ2v) is 7.65. The normalized spacial score (nSPS) is 17.5. The van der Waals surface area contributed by atoms with Gasteiger partial charge in [-0.15, -0.1) is 10.2 Å². The number of rotatable bonds is 5. The van der Waals surface area contributed by atoms with E-state index >= 15 is 0 Å². The van der Waals surface area contributed by atoms with E-state index in [4.69, 9.17) is 4.98 Å². The molecule has 0 bridgehead atoms. The van der Waals surface area contributed by atoms with Crippen molar-refractivity contribution in [1.82, 2.24) is 30.0 Å². The standard InChI is InChI=1S/C18H21N7S/c1-12-20-15(9-17(21-12)22-18-24-23-13(2)26-18)16-6-4-8-25(16)11-14-5-3-7-19-10-14/h3,5,7,9-10,16H,4,6,8,11H2,1-2H3,(H,20,21,22,24). The van der Waals surface area contributed by atoms with E-state index in [1.807, 2.05) is 38.4 Å². The second kappa shape index (κ2) is 7.43. The van der Waals surface area contributed by atoms with E-state index in [9.17, 15) is 0 Å². The molecule has 1 unspecified atom stereocenters. The Morgan fingerprint density at radius 3 is 2.96 bits per heavy atom. The molecule has 4 heterocycles. The van der Waals surface area contributed by atoms with Gasteiger partial charge in [-0.25, -0.2) is 9.97 Å². The number of nitrogens with one attached hydrogen (secondary N) is 1. The summed E-state index contributed by atoms with van der Waals surface area (Å²) in [5.41, 5.74) is 2.29. The molecule has 0 saturated carbocycles. The zero-order valence-corrected chi connectivity index (χ0v) is 15.7. The number of nitrogens with zero attached hydrogens (tertiary/aromatic N) is 6. The summed E-state index contributed by atoms with van der Waals surface area (Å²) >= 11 is 1.52. The molecule has 0 amide bonds. The van der Waals surface area contributed by atoms with Crippen molar-refractivity contribution in [1.29, 1.82) is 0 Å². The molecule has 7 nitrogen and oxygen atoms in total. The van der Waals surface area contributed by atoms with Gasteiger partial charge in [0.25, 0.3) is 0 Å². The topological polar surface area (TPSA) is 79.7 Å². The first kappa shape index (κ1) is 17.0. The Bertz CT molecular complexity index is 880. The van der Waals surface area contributed by atoms with Crippen LogP contribution in [0, 0.1) is 13.8 Å². The summed E-state index contributed by atoms with van der Waals surface area (Å²) < 4.78 is 0. The fraction of sp³-hybridized carbons (Fsp3) is 0.389. The molecule has 0 aromatic carbocycles. The van der Waals surface area contributed by atoms with Crippen molar-refractivity contribution in [3.8, 4) is 0 Å². The van der Waals surface area contributed by atoms with Crippen LogP contribution in [-0.2, 0) is 6.54 Å². The van der Waals surface area contributed by atoms with Crippen LogP contribution in [0.2, 0.25) is 0 Å². The first-order valence-electron chi connectivity index (χ1n) is 8.73. The van der Waals surface area contributed by atoms with Crippen molar-refractivity contribution in [3.05, 3.63) is 52.7 Å². The van der Waals surface area contributed by atoms with Crippen LogP contribution in [0.3, 0.4) is 0 Å². The molecule has 1 fully saturated rings. The molecule has 8 heteroatoms. The maximum absolute atomic E-state index is 4.71. The number of aryl methyl sites for hydroxylation is 2. The van der Waals surface area contributed by atoms with E-state index in [0.29, 0.717) is 6.04 Å². The molecule has 134 valence electrons. The van der Waals surface area contributed by atoms with E-state index < -0.39 is 0 Å². The Morgan fingerprint density at radius 1 is 1.27 bits per heavy atom. The molecule has 0 aliphatic carbocycles. The zero-order valence-electron chi connectivity index (χ0n) is 14.9. The molecule has 1 N–H and O–H groups in total. The molecule has 1 aliphatic heterocycles. The van der Waals surface area contributed by atoms with Crippen LogP contribution < -0.4 is 5.32 Å². The number of anilines is 2. The maximum Gasteiger partial charge on any atom is 0.211 e. The Hall–Kier alpha value is -2.45. The molecule has 0 radical (unpaired) electrons. The van der Waals surface area contributed by atoms with Crippen molar-refractivity contribution in [3.63, 3.8) is 0 Å². The third-order valence-electron chi connectivity index (χ3n) is 4.43. The summed E-state index contributed by atoms with van der Waals surface area (Å²) in [6.45, 7) is 5.83. The van der Waals surface area contributed by atoms with E-state index in [-0.39, 0.29) is 0 Å². The van der Waals surface area contributed by atoms with Crippen LogP contribution in [0.15, 0.2) is 30.6 Å². The summed E-state index contributed by atoms with van der Waals surface area (Å²) in [5, 5.41) is 13.1. The average Bonchev–Trinajstić information content (AvgIpc) is 3.24. The predicted octanol–water partition coefficient (Wildman–Crippen LogP) is 3.42. The minimum absolute atomic E-state index is 0.300. The zero-order chi connectivity index (χ0) is 17.9. The van der Waals surface area contributed by atoms with Crippen molar-refractivity contribution < 1.29 is 0 Å². The molecule has 26 heavy (non-hydrogen) atoms. The second-order valence-electron chi connectivity index (χ2n) is 6.47. The first-order chi connectivity index (χ1) is 12.7. The molecule has 1 aliphatic rings. The van der Waals surface area contributed by atoms with Crippen LogP contribution in [0.25, 0.3) is 0 Å². The molecule has 3 aromatic heterocycles. The fourth-order valence-corrected chi connectivity index (χ4v) is 3.96. The van der Waals surface area contributed by atoms with Crippen LogP contribution in [0.4, 0.5) is 10.9 Å². The number of pyridine rings is 1. The van der Waals surface area contributed by atoms with E-state index in [0.717, 1.165) is 47.0 Å². The Morgan fingerprint density at radius 2 is 2.19 bits per heavy atom. The lowest BCUT2D eigenvalue weighted by atomic mass is 10.1. The number of likely N-dealkylation sites (tertiary alicyclic amines) is 1. The summed E-state index contributed by atoms with van der Waals surface area (Å²) in [7, 11) is 0. The number of hydrogen-bond acceptors (Lipinski definition) is 8. The lowest BCUT2D eigenvalue weighted by Gasteiger charge is -2.24. The molecule has 1 saturated heterocycles. The molecule has 0 spiro atoms. The van der Waals surface area contributed by atoms with Crippen LogP contribution in [0.5, 0.6) is 0 Å². The quantitative estimate of drug-likeness (QED) is 0.740. The van der Waals surface area contributed by atoms with Gasteiger partial charge in [-0.1, -0.05) is 17.4 Å². The third-order valence-corrected chi connectivity index (χ3v) is 5.19. The van der Waals surface area contributed by atoms with Gasteiger partial charge < -0.3 is 5.32 Å². The van der Waals surface area contributed by atoms with Gasteiger partial charge in [0.1, 0.15) is 16.6 Å². The van der Waals surface area contributed by atoms with Gasteiger partial charge in [-0.2, -0.15) is 0 Å². The summed E-state index contributed by atoms with van der Waals surface area (Å²) in [5.74, 6) is 1.54. The van der Waals surface area contributed by atoms with Gasteiger partial charge in [0.15, 0.2) is 0 Å². The first-order valence-corrected chi connectivity index (χ1v) is 9.55. The van der Waals surface area contributed by atoms with E-state index in [1.54, 1.807) is 0 Å². The monoisotopic (exact) mass is 367 g/mol. The smallest absolute Gasteiger partial charge is 0.211 e. The Labute approximate surface area is 156 Å². The van der Waals surface area contributed by atoms with Crippen LogP contribution in [-0.4, -0.2) is 36.6 Å². The van der Waals surface area contributed by atoms with Gasteiger partial charge in [0.2, 0.25) is 5.13 Å². The van der Waals surface area contributed by atoms with Crippen molar-refractivity contribution in [2.75, 3.05) is 11.9 Å². The molecule has 4 rings (SSSR count). The van der Waals surface area contributed by atoms with Crippen molar-refractivity contribution >= 4 is 22.3 Å². The highest BCUT2D eigenvalue weighted by Gasteiger charge is 2.28. The van der Waals surface area contributed by atoms with E-state index in [2.05, 4.69) is 36.4 Å². The highest BCUT2D eigenvalue weighted by molar-refractivity contribution is 7.15. The van der Waals surface area contributed by atoms with Gasteiger partial charge >= 0.3 is 0 Å². The number of hydrogen-bond donors (Lipinski definition) is 1.